The number of ether oxygens (including phenoxy) is 1. The maximum absolute atomic E-state index is 12.1. The standard InChI is InChI=1S/C19H17ClN4O4/c20-14-3-1-2-13(8-14)10-22-18(26)19-23-17(24-28-19)11-27-15-6-4-12(5-7-15)9-16(21)25/h1-8H,9-11H2,(H2,21,25)(H,22,26). The van der Waals surface area contributed by atoms with Gasteiger partial charge in [0.05, 0.1) is 6.42 Å². The molecule has 0 spiro atoms. The first-order chi connectivity index (χ1) is 13.5. The number of nitrogens with two attached hydrogens (primary N) is 1. The van der Waals surface area contributed by atoms with Crippen molar-refractivity contribution in [1.29, 1.82) is 0 Å². The van der Waals surface area contributed by atoms with E-state index in [0.29, 0.717) is 10.8 Å². The van der Waals surface area contributed by atoms with Crippen molar-refractivity contribution < 1.29 is 18.8 Å². The van der Waals surface area contributed by atoms with E-state index in [2.05, 4.69) is 15.5 Å². The molecule has 0 radical (unpaired) electrons. The zero-order valence-electron chi connectivity index (χ0n) is 14.7. The lowest BCUT2D eigenvalue weighted by Gasteiger charge is -2.04. The molecule has 0 fully saturated rings. The Hall–Kier alpha value is -3.39. The highest BCUT2D eigenvalue weighted by Crippen LogP contribution is 2.14. The third-order valence-corrected chi connectivity index (χ3v) is 3.91. The van der Waals surface area contributed by atoms with Crippen molar-refractivity contribution in [3.8, 4) is 5.75 Å². The summed E-state index contributed by atoms with van der Waals surface area (Å²) in [5, 5.41) is 6.99. The minimum atomic E-state index is -0.491. The lowest BCUT2D eigenvalue weighted by atomic mass is 10.1. The van der Waals surface area contributed by atoms with Gasteiger partial charge in [-0.2, -0.15) is 4.98 Å². The number of primary amides is 1. The van der Waals surface area contributed by atoms with E-state index in [4.69, 9.17) is 26.6 Å². The number of amides is 2. The maximum Gasteiger partial charge on any atom is 0.316 e. The van der Waals surface area contributed by atoms with Gasteiger partial charge in [-0.1, -0.05) is 41.0 Å². The Bertz CT molecular complexity index is 972. The van der Waals surface area contributed by atoms with Crippen molar-refractivity contribution in [1.82, 2.24) is 15.5 Å². The summed E-state index contributed by atoms with van der Waals surface area (Å²) in [6, 6.07) is 14.0. The zero-order chi connectivity index (χ0) is 19.9. The van der Waals surface area contributed by atoms with Crippen molar-refractivity contribution >= 4 is 23.4 Å². The van der Waals surface area contributed by atoms with Crippen molar-refractivity contribution in [3.63, 3.8) is 0 Å². The second-order valence-corrected chi connectivity index (χ2v) is 6.34. The zero-order valence-corrected chi connectivity index (χ0v) is 15.5. The Labute approximate surface area is 165 Å². The lowest BCUT2D eigenvalue weighted by Crippen LogP contribution is -2.23. The van der Waals surface area contributed by atoms with Crippen LogP contribution >= 0.6 is 11.6 Å². The molecule has 144 valence electrons. The smallest absolute Gasteiger partial charge is 0.316 e. The van der Waals surface area contributed by atoms with E-state index in [-0.39, 0.29) is 31.3 Å². The number of hydrogen-bond donors (Lipinski definition) is 2. The molecule has 0 unspecified atom stereocenters. The second-order valence-electron chi connectivity index (χ2n) is 5.90. The topological polar surface area (TPSA) is 120 Å². The van der Waals surface area contributed by atoms with Crippen LogP contribution in [-0.4, -0.2) is 22.0 Å². The molecule has 3 N–H and O–H groups in total. The number of carbonyl (C=O) groups excluding carboxylic acids is 2. The Morgan fingerprint density at radius 3 is 2.64 bits per heavy atom. The normalized spacial score (nSPS) is 10.5. The predicted molar refractivity (Wildman–Crippen MR) is 101 cm³/mol. The second kappa shape index (κ2) is 9.01. The van der Waals surface area contributed by atoms with E-state index in [1.165, 1.54) is 0 Å². The van der Waals surface area contributed by atoms with Crippen LogP contribution in [0.4, 0.5) is 0 Å². The number of aromatic nitrogens is 2. The maximum atomic E-state index is 12.1. The number of benzene rings is 2. The molecule has 1 aromatic heterocycles. The SMILES string of the molecule is NC(=O)Cc1ccc(OCc2noc(C(=O)NCc3cccc(Cl)c3)n2)cc1. The molecule has 2 amide bonds. The molecule has 3 rings (SSSR count). The van der Waals surface area contributed by atoms with Gasteiger partial charge in [-0.25, -0.2) is 0 Å². The number of rotatable bonds is 8. The molecule has 9 heteroatoms. The molecule has 0 aliphatic carbocycles. The summed E-state index contributed by atoms with van der Waals surface area (Å²) < 4.78 is 10.5. The van der Waals surface area contributed by atoms with Crippen LogP contribution in [-0.2, 0) is 24.4 Å². The fourth-order valence-corrected chi connectivity index (χ4v) is 2.58. The highest BCUT2D eigenvalue weighted by atomic mass is 35.5. The van der Waals surface area contributed by atoms with Crippen molar-refractivity contribution in [3.05, 3.63) is 76.4 Å². The van der Waals surface area contributed by atoms with E-state index >= 15 is 0 Å². The molecule has 0 bridgehead atoms. The van der Waals surface area contributed by atoms with Gasteiger partial charge < -0.3 is 20.3 Å². The van der Waals surface area contributed by atoms with Crippen molar-refractivity contribution in [2.24, 2.45) is 5.73 Å². The third-order valence-electron chi connectivity index (χ3n) is 3.67. The van der Waals surface area contributed by atoms with Gasteiger partial charge in [0, 0.05) is 11.6 Å². The molecule has 8 nitrogen and oxygen atoms in total. The molecule has 2 aromatic carbocycles. The van der Waals surface area contributed by atoms with E-state index in [1.54, 1.807) is 42.5 Å². The lowest BCUT2D eigenvalue weighted by molar-refractivity contribution is -0.117. The summed E-state index contributed by atoms with van der Waals surface area (Å²) in [7, 11) is 0. The molecule has 0 atom stereocenters. The van der Waals surface area contributed by atoms with Gasteiger partial charge in [-0.3, -0.25) is 9.59 Å². The summed E-state index contributed by atoms with van der Waals surface area (Å²) in [5.74, 6) is -0.257. The molecular weight excluding hydrogens is 384 g/mol. The predicted octanol–water partition coefficient (Wildman–Crippen LogP) is 2.26. The Morgan fingerprint density at radius 2 is 1.93 bits per heavy atom. The summed E-state index contributed by atoms with van der Waals surface area (Å²) in [6.07, 6.45) is 0.165. The first kappa shape index (κ1) is 19.4. The van der Waals surface area contributed by atoms with Gasteiger partial charge in [0.1, 0.15) is 5.75 Å². The summed E-state index contributed by atoms with van der Waals surface area (Å²) in [5.41, 5.74) is 6.79. The van der Waals surface area contributed by atoms with Crippen molar-refractivity contribution in [2.75, 3.05) is 0 Å². The fraction of sp³-hybridized carbons (Fsp3) is 0.158. The molecule has 3 aromatic rings. The Balaban J connectivity index is 1.50. The van der Waals surface area contributed by atoms with Crippen LogP contribution < -0.4 is 15.8 Å². The van der Waals surface area contributed by atoms with Gasteiger partial charge in [0.2, 0.25) is 11.7 Å². The van der Waals surface area contributed by atoms with Gasteiger partial charge >= 0.3 is 11.8 Å². The van der Waals surface area contributed by atoms with Gasteiger partial charge in [0.15, 0.2) is 6.61 Å². The average molecular weight is 401 g/mol. The van der Waals surface area contributed by atoms with E-state index in [1.807, 2.05) is 6.07 Å². The van der Waals surface area contributed by atoms with E-state index in [9.17, 15) is 9.59 Å². The minimum absolute atomic E-state index is 0.0280. The molecule has 0 saturated carbocycles. The highest BCUT2D eigenvalue weighted by Gasteiger charge is 2.15. The Morgan fingerprint density at radius 1 is 1.14 bits per heavy atom. The van der Waals surface area contributed by atoms with Crippen LogP contribution in [0.2, 0.25) is 5.02 Å². The number of hydrogen-bond acceptors (Lipinski definition) is 6. The quantitative estimate of drug-likeness (QED) is 0.598. The van der Waals surface area contributed by atoms with Crippen LogP contribution in [0.15, 0.2) is 53.1 Å². The third kappa shape index (κ3) is 5.55. The van der Waals surface area contributed by atoms with Crippen LogP contribution in [0.1, 0.15) is 27.6 Å². The summed E-state index contributed by atoms with van der Waals surface area (Å²) in [6.45, 7) is 0.311. The highest BCUT2D eigenvalue weighted by molar-refractivity contribution is 6.30. The van der Waals surface area contributed by atoms with Crippen molar-refractivity contribution in [2.45, 2.75) is 19.6 Å². The van der Waals surface area contributed by atoms with Gasteiger partial charge in [-0.15, -0.1) is 0 Å². The molecular formula is C19H17ClN4O4. The van der Waals surface area contributed by atoms with Crippen LogP contribution in [0.25, 0.3) is 0 Å². The molecule has 0 aliphatic rings. The van der Waals surface area contributed by atoms with Crippen LogP contribution in [0, 0.1) is 0 Å². The summed E-state index contributed by atoms with van der Waals surface area (Å²) >= 11 is 5.91. The summed E-state index contributed by atoms with van der Waals surface area (Å²) in [4.78, 5) is 27.0. The molecule has 0 saturated heterocycles. The van der Waals surface area contributed by atoms with Gasteiger partial charge in [0.25, 0.3) is 0 Å². The minimum Gasteiger partial charge on any atom is -0.485 e. The van der Waals surface area contributed by atoms with E-state index in [0.717, 1.165) is 11.1 Å². The molecule has 1 heterocycles. The first-order valence-corrected chi connectivity index (χ1v) is 8.72. The number of carbonyl (C=O) groups is 2. The monoisotopic (exact) mass is 400 g/mol. The Kier molecular flexibility index (Phi) is 6.23. The largest absolute Gasteiger partial charge is 0.485 e. The van der Waals surface area contributed by atoms with Crippen LogP contribution in [0.5, 0.6) is 5.75 Å². The molecule has 0 aliphatic heterocycles. The van der Waals surface area contributed by atoms with Crippen LogP contribution in [0.3, 0.4) is 0 Å². The average Bonchev–Trinajstić information content (AvgIpc) is 3.14. The number of nitrogens with zero attached hydrogens (tertiary/aromatic N) is 2. The van der Waals surface area contributed by atoms with E-state index < -0.39 is 11.8 Å². The molecule has 28 heavy (non-hydrogen) atoms. The number of nitrogens with one attached hydrogen (secondary N) is 1. The van der Waals surface area contributed by atoms with Gasteiger partial charge in [-0.05, 0) is 35.4 Å². The fourth-order valence-electron chi connectivity index (χ4n) is 2.36. The number of halogens is 1. The first-order valence-electron chi connectivity index (χ1n) is 8.35.